The van der Waals surface area contributed by atoms with E-state index < -0.39 is 16.4 Å². The normalized spacial score (nSPS) is 11.4. The number of aryl methyl sites for hydroxylation is 2. The van der Waals surface area contributed by atoms with E-state index in [1.807, 2.05) is 20.8 Å². The summed E-state index contributed by atoms with van der Waals surface area (Å²) in [6.45, 7) is 9.05. The van der Waals surface area contributed by atoms with Gasteiger partial charge in [0.25, 0.3) is 11.6 Å². The minimum atomic E-state index is -0.586. The Morgan fingerprint density at radius 3 is 2.46 bits per heavy atom. The van der Waals surface area contributed by atoms with Crippen molar-refractivity contribution in [1.29, 1.82) is 0 Å². The summed E-state index contributed by atoms with van der Waals surface area (Å²) in [4.78, 5) is 25.2. The molecule has 0 unspecified atom stereocenters. The predicted molar refractivity (Wildman–Crippen MR) is 86.5 cm³/mol. The Morgan fingerprint density at radius 2 is 1.96 bits per heavy atom. The number of hydrogen-bond acceptors (Lipinski definition) is 6. The van der Waals surface area contributed by atoms with Gasteiger partial charge in [-0.15, -0.1) is 10.2 Å². The molecule has 0 N–H and O–H groups in total. The molecule has 1 heterocycles. The highest BCUT2D eigenvalue weighted by atomic mass is 16.6. The molecule has 0 aliphatic heterocycles. The van der Waals surface area contributed by atoms with Crippen LogP contribution in [0.4, 0.5) is 5.69 Å². The van der Waals surface area contributed by atoms with Crippen LogP contribution < -0.4 is 0 Å². The Bertz CT molecular complexity index is 777. The van der Waals surface area contributed by atoms with Crippen molar-refractivity contribution in [3.63, 3.8) is 0 Å². The van der Waals surface area contributed by atoms with E-state index in [9.17, 15) is 14.9 Å². The van der Waals surface area contributed by atoms with E-state index in [1.165, 1.54) is 17.0 Å². The molecular weight excluding hydrogens is 312 g/mol. The number of benzene rings is 1. The third-order valence-corrected chi connectivity index (χ3v) is 3.50. The third-order valence-electron chi connectivity index (χ3n) is 3.50. The highest BCUT2D eigenvalue weighted by Gasteiger charge is 2.32. The summed E-state index contributed by atoms with van der Waals surface area (Å²) in [5.74, 6) is 0.229. The zero-order chi connectivity index (χ0) is 18.1. The number of carbonyl (C=O) groups is 1. The monoisotopic (exact) mass is 332 g/mol. The van der Waals surface area contributed by atoms with Crippen molar-refractivity contribution >= 4 is 11.6 Å². The van der Waals surface area contributed by atoms with Gasteiger partial charge in [-0.1, -0.05) is 6.07 Å². The smallest absolute Gasteiger partial charge is 0.282 e. The van der Waals surface area contributed by atoms with E-state index in [-0.39, 0.29) is 23.7 Å². The lowest BCUT2D eigenvalue weighted by molar-refractivity contribution is -0.385. The molecule has 0 fully saturated rings. The Balaban J connectivity index is 2.45. The van der Waals surface area contributed by atoms with Crippen molar-refractivity contribution in [3.05, 3.63) is 51.2 Å². The first-order chi connectivity index (χ1) is 11.1. The lowest BCUT2D eigenvalue weighted by atomic mass is 10.0. The van der Waals surface area contributed by atoms with Crippen LogP contribution >= 0.6 is 0 Å². The van der Waals surface area contributed by atoms with Crippen molar-refractivity contribution in [2.45, 2.75) is 46.7 Å². The molecule has 1 aromatic carbocycles. The first kappa shape index (κ1) is 17.6. The average Bonchev–Trinajstić information content (AvgIpc) is 2.88. The zero-order valence-electron chi connectivity index (χ0n) is 14.4. The number of hydrogen-bond donors (Lipinski definition) is 0. The Labute approximate surface area is 139 Å². The molecule has 0 aliphatic rings. The van der Waals surface area contributed by atoms with Gasteiger partial charge in [-0.05, 0) is 39.3 Å². The van der Waals surface area contributed by atoms with E-state index in [4.69, 9.17) is 4.42 Å². The van der Waals surface area contributed by atoms with Crippen LogP contribution in [0.25, 0.3) is 0 Å². The largest absolute Gasteiger partial charge is 0.424 e. The van der Waals surface area contributed by atoms with E-state index >= 15 is 0 Å². The topological polar surface area (TPSA) is 102 Å². The zero-order valence-corrected chi connectivity index (χ0v) is 14.4. The number of nitrogens with zero attached hydrogens (tertiary/aromatic N) is 4. The summed E-state index contributed by atoms with van der Waals surface area (Å²) >= 11 is 0. The van der Waals surface area contributed by atoms with Gasteiger partial charge in [0.05, 0.1) is 11.5 Å². The second kappa shape index (κ2) is 6.38. The second-order valence-electron chi connectivity index (χ2n) is 6.55. The number of carbonyl (C=O) groups excluding carboxylic acids is 1. The van der Waals surface area contributed by atoms with Crippen LogP contribution in [0.5, 0.6) is 0 Å². The quantitative estimate of drug-likeness (QED) is 0.630. The fraction of sp³-hybridized carbons (Fsp3) is 0.438. The molecule has 0 radical (unpaired) electrons. The SMILES string of the molecule is Cc1ccc([N+](=O)[O-])c(C(=O)N(Cc2nnc(C)o2)C(C)(C)C)c1. The van der Waals surface area contributed by atoms with E-state index in [0.717, 1.165) is 5.56 Å². The number of nitro groups is 1. The summed E-state index contributed by atoms with van der Waals surface area (Å²) in [7, 11) is 0. The summed E-state index contributed by atoms with van der Waals surface area (Å²) in [6, 6.07) is 4.48. The van der Waals surface area contributed by atoms with Crippen molar-refractivity contribution in [2.24, 2.45) is 0 Å². The summed E-state index contributed by atoms with van der Waals surface area (Å²) in [6.07, 6.45) is 0. The molecule has 128 valence electrons. The molecule has 0 atom stereocenters. The first-order valence-corrected chi connectivity index (χ1v) is 7.45. The summed E-state index contributed by atoms with van der Waals surface area (Å²) in [5.41, 5.74) is 0.0102. The number of amides is 1. The van der Waals surface area contributed by atoms with E-state index in [2.05, 4.69) is 10.2 Å². The highest BCUT2D eigenvalue weighted by molar-refractivity contribution is 5.98. The van der Waals surface area contributed by atoms with Gasteiger partial charge in [0, 0.05) is 18.5 Å². The minimum Gasteiger partial charge on any atom is -0.424 e. The molecular formula is C16H20N4O4. The average molecular weight is 332 g/mol. The molecule has 0 bridgehead atoms. The van der Waals surface area contributed by atoms with Gasteiger partial charge >= 0.3 is 0 Å². The van der Waals surface area contributed by atoms with Crippen molar-refractivity contribution < 1.29 is 14.1 Å². The maximum atomic E-state index is 13.0. The van der Waals surface area contributed by atoms with Gasteiger partial charge in [0.2, 0.25) is 11.8 Å². The fourth-order valence-corrected chi connectivity index (χ4v) is 2.28. The number of aromatic nitrogens is 2. The molecule has 8 heteroatoms. The highest BCUT2D eigenvalue weighted by Crippen LogP contribution is 2.26. The second-order valence-corrected chi connectivity index (χ2v) is 6.55. The summed E-state index contributed by atoms with van der Waals surface area (Å²) in [5, 5.41) is 18.9. The number of rotatable bonds is 4. The van der Waals surface area contributed by atoms with Crippen LogP contribution in [0.15, 0.2) is 22.6 Å². The Morgan fingerprint density at radius 1 is 1.29 bits per heavy atom. The molecule has 0 spiro atoms. The van der Waals surface area contributed by atoms with Crippen molar-refractivity contribution in [1.82, 2.24) is 15.1 Å². The van der Waals surface area contributed by atoms with Gasteiger partial charge in [0.15, 0.2) is 0 Å². The predicted octanol–water partition coefficient (Wildman–Crippen LogP) is 3.04. The standard InChI is InChI=1S/C16H20N4O4/c1-10-6-7-13(20(22)23)12(8-10)15(21)19(16(3,4)5)9-14-18-17-11(2)24-14/h6-8H,9H2,1-5H3. The lowest BCUT2D eigenvalue weighted by Gasteiger charge is -2.34. The first-order valence-electron chi connectivity index (χ1n) is 7.45. The fourth-order valence-electron chi connectivity index (χ4n) is 2.28. The third kappa shape index (κ3) is 3.76. The van der Waals surface area contributed by atoms with Crippen LogP contribution in [0.1, 0.15) is 48.5 Å². The lowest BCUT2D eigenvalue weighted by Crippen LogP contribution is -2.45. The Kier molecular flexibility index (Phi) is 4.68. The van der Waals surface area contributed by atoms with Crippen molar-refractivity contribution in [3.8, 4) is 0 Å². The van der Waals surface area contributed by atoms with Crippen LogP contribution in [0.3, 0.4) is 0 Å². The van der Waals surface area contributed by atoms with Gasteiger partial charge in [-0.2, -0.15) is 0 Å². The molecule has 0 saturated heterocycles. The molecule has 1 amide bonds. The molecule has 24 heavy (non-hydrogen) atoms. The van der Waals surface area contributed by atoms with Gasteiger partial charge in [0.1, 0.15) is 5.56 Å². The van der Waals surface area contributed by atoms with Crippen LogP contribution in [-0.2, 0) is 6.54 Å². The minimum absolute atomic E-state index is 0.0474. The van der Waals surface area contributed by atoms with Gasteiger partial charge in [-0.3, -0.25) is 14.9 Å². The van der Waals surface area contributed by atoms with Crippen molar-refractivity contribution in [2.75, 3.05) is 0 Å². The van der Waals surface area contributed by atoms with E-state index in [1.54, 1.807) is 19.9 Å². The molecule has 0 saturated carbocycles. The van der Waals surface area contributed by atoms with E-state index in [0.29, 0.717) is 5.89 Å². The summed E-state index contributed by atoms with van der Waals surface area (Å²) < 4.78 is 5.35. The molecule has 2 aromatic rings. The van der Waals surface area contributed by atoms with Crippen LogP contribution in [-0.4, -0.2) is 31.5 Å². The Hall–Kier alpha value is -2.77. The molecule has 1 aromatic heterocycles. The van der Waals surface area contributed by atoms with Crippen LogP contribution in [0.2, 0.25) is 0 Å². The molecule has 2 rings (SSSR count). The van der Waals surface area contributed by atoms with Crippen LogP contribution in [0, 0.1) is 24.0 Å². The molecule has 8 nitrogen and oxygen atoms in total. The molecule has 0 aliphatic carbocycles. The van der Waals surface area contributed by atoms with Gasteiger partial charge < -0.3 is 9.32 Å². The number of nitro benzene ring substituents is 1. The maximum absolute atomic E-state index is 13.0. The van der Waals surface area contributed by atoms with Gasteiger partial charge in [-0.25, -0.2) is 0 Å². The maximum Gasteiger partial charge on any atom is 0.282 e.